The van der Waals surface area contributed by atoms with Gasteiger partial charge in [0.1, 0.15) is 11.3 Å². The van der Waals surface area contributed by atoms with Crippen molar-refractivity contribution < 1.29 is 4.74 Å². The van der Waals surface area contributed by atoms with Gasteiger partial charge in [0.25, 0.3) is 5.56 Å². The lowest BCUT2D eigenvalue weighted by Gasteiger charge is -2.04. The zero-order valence-electron chi connectivity index (χ0n) is 7.37. The van der Waals surface area contributed by atoms with Crippen LogP contribution in [0.3, 0.4) is 0 Å². The van der Waals surface area contributed by atoms with Crippen molar-refractivity contribution in [3.63, 3.8) is 0 Å². The van der Waals surface area contributed by atoms with Gasteiger partial charge in [-0.15, -0.1) is 0 Å². The molecule has 2 aromatic rings. The number of fused-ring (bicyclic) bond motifs is 1. The van der Waals surface area contributed by atoms with E-state index in [-0.39, 0.29) is 5.56 Å². The van der Waals surface area contributed by atoms with E-state index in [0.29, 0.717) is 16.8 Å². The summed E-state index contributed by atoms with van der Waals surface area (Å²) < 4.78 is 5.99. The van der Waals surface area contributed by atoms with Crippen molar-refractivity contribution in [2.75, 3.05) is 7.11 Å². The molecule has 0 unspecified atom stereocenters. The zero-order valence-corrected chi connectivity index (χ0v) is 8.96. The minimum Gasteiger partial charge on any atom is -0.494 e. The minimum absolute atomic E-state index is 0.238. The Morgan fingerprint density at radius 1 is 1.50 bits per heavy atom. The fraction of sp³-hybridized carbons (Fsp3) is 0.111. The molecule has 0 saturated carbocycles. The summed E-state index contributed by atoms with van der Waals surface area (Å²) in [5.41, 5.74) is 1.07. The summed E-state index contributed by atoms with van der Waals surface area (Å²) in [4.78, 5) is 17.7. The predicted octanol–water partition coefficient (Wildman–Crippen LogP) is 1.69. The lowest BCUT2D eigenvalue weighted by Crippen LogP contribution is -2.05. The molecular weight excluding hydrogens is 248 g/mol. The summed E-state index contributed by atoms with van der Waals surface area (Å²) in [6.45, 7) is 0. The average molecular weight is 255 g/mol. The highest BCUT2D eigenvalue weighted by Gasteiger charge is 2.04. The number of halogens is 1. The normalized spacial score (nSPS) is 10.4. The molecule has 0 aliphatic heterocycles. The van der Waals surface area contributed by atoms with E-state index in [0.717, 1.165) is 4.47 Å². The summed E-state index contributed by atoms with van der Waals surface area (Å²) >= 11 is 3.33. The lowest BCUT2D eigenvalue weighted by molar-refractivity contribution is 0.418. The van der Waals surface area contributed by atoms with Crippen molar-refractivity contribution in [3.05, 3.63) is 33.2 Å². The van der Waals surface area contributed by atoms with Crippen molar-refractivity contribution in [2.45, 2.75) is 0 Å². The largest absolute Gasteiger partial charge is 0.494 e. The Morgan fingerprint density at radius 3 is 3.00 bits per heavy atom. The monoisotopic (exact) mass is 254 g/mol. The fourth-order valence-electron chi connectivity index (χ4n) is 1.24. The number of aromatic nitrogens is 2. The number of benzene rings is 1. The molecule has 0 fully saturated rings. The summed E-state index contributed by atoms with van der Waals surface area (Å²) in [5.74, 6) is 0.597. The molecule has 4 nitrogen and oxygen atoms in total. The van der Waals surface area contributed by atoms with Crippen LogP contribution in [0.1, 0.15) is 0 Å². The lowest BCUT2D eigenvalue weighted by atomic mass is 10.3. The Hall–Kier alpha value is -1.36. The van der Waals surface area contributed by atoms with Gasteiger partial charge in [-0.1, -0.05) is 15.9 Å². The number of nitrogens with one attached hydrogen (secondary N) is 1. The molecule has 72 valence electrons. The molecule has 14 heavy (non-hydrogen) atoms. The van der Waals surface area contributed by atoms with Gasteiger partial charge in [0, 0.05) is 4.47 Å². The van der Waals surface area contributed by atoms with Crippen LogP contribution in [0, 0.1) is 0 Å². The molecule has 0 bridgehead atoms. The Bertz CT molecular complexity index is 536. The Balaban J connectivity index is 2.88. The molecule has 1 aromatic carbocycles. The third-order valence-corrected chi connectivity index (χ3v) is 2.29. The molecular formula is C9H7BrN2O2. The van der Waals surface area contributed by atoms with Crippen LogP contribution in [-0.2, 0) is 0 Å². The fourth-order valence-corrected chi connectivity index (χ4v) is 1.66. The number of H-pyrrole nitrogens is 1. The second-order valence-electron chi connectivity index (χ2n) is 2.75. The van der Waals surface area contributed by atoms with Crippen LogP contribution >= 0.6 is 15.9 Å². The molecule has 1 N–H and O–H groups in total. The van der Waals surface area contributed by atoms with Crippen LogP contribution < -0.4 is 10.3 Å². The molecule has 1 aromatic heterocycles. The predicted molar refractivity (Wildman–Crippen MR) is 56.6 cm³/mol. The van der Waals surface area contributed by atoms with Gasteiger partial charge < -0.3 is 9.72 Å². The molecule has 0 spiro atoms. The number of aromatic amines is 1. The van der Waals surface area contributed by atoms with Gasteiger partial charge >= 0.3 is 0 Å². The Kier molecular flexibility index (Phi) is 2.25. The van der Waals surface area contributed by atoms with Crippen molar-refractivity contribution in [1.82, 2.24) is 9.97 Å². The van der Waals surface area contributed by atoms with E-state index >= 15 is 0 Å². The SMILES string of the molecule is COc1cc(Br)cc2ncc(=O)[nH]c12. The minimum atomic E-state index is -0.238. The van der Waals surface area contributed by atoms with Gasteiger partial charge in [0.2, 0.25) is 0 Å². The Labute approximate surface area is 88.1 Å². The number of hydrogen-bond donors (Lipinski definition) is 1. The second-order valence-corrected chi connectivity index (χ2v) is 3.67. The topological polar surface area (TPSA) is 55.0 Å². The van der Waals surface area contributed by atoms with Gasteiger partial charge in [0.15, 0.2) is 0 Å². The highest BCUT2D eigenvalue weighted by atomic mass is 79.9. The third-order valence-electron chi connectivity index (χ3n) is 1.84. The first-order valence-corrected chi connectivity index (χ1v) is 4.72. The van der Waals surface area contributed by atoms with Crippen molar-refractivity contribution in [2.24, 2.45) is 0 Å². The second kappa shape index (κ2) is 3.42. The van der Waals surface area contributed by atoms with Crippen LogP contribution in [0.4, 0.5) is 0 Å². The van der Waals surface area contributed by atoms with Gasteiger partial charge in [-0.2, -0.15) is 0 Å². The first-order chi connectivity index (χ1) is 6.70. The Morgan fingerprint density at radius 2 is 2.29 bits per heavy atom. The van der Waals surface area contributed by atoms with E-state index in [4.69, 9.17) is 4.74 Å². The van der Waals surface area contributed by atoms with E-state index < -0.39 is 0 Å². The van der Waals surface area contributed by atoms with Crippen LogP contribution in [0.2, 0.25) is 0 Å². The zero-order chi connectivity index (χ0) is 10.1. The maximum atomic E-state index is 11.1. The maximum Gasteiger partial charge on any atom is 0.266 e. The number of nitrogens with zero attached hydrogens (tertiary/aromatic N) is 1. The maximum absolute atomic E-state index is 11.1. The molecule has 0 amide bonds. The van der Waals surface area contributed by atoms with Crippen molar-refractivity contribution >= 4 is 27.0 Å². The van der Waals surface area contributed by atoms with Crippen molar-refractivity contribution in [1.29, 1.82) is 0 Å². The highest BCUT2D eigenvalue weighted by molar-refractivity contribution is 9.10. The van der Waals surface area contributed by atoms with Crippen LogP contribution in [0.15, 0.2) is 27.6 Å². The standard InChI is InChI=1S/C9H7BrN2O2/c1-14-7-3-5(10)2-6-9(7)12-8(13)4-11-6/h2-4H,1H3,(H,12,13). The quantitative estimate of drug-likeness (QED) is 0.843. The van der Waals surface area contributed by atoms with Gasteiger partial charge in [-0.3, -0.25) is 4.79 Å². The average Bonchev–Trinajstić information content (AvgIpc) is 2.17. The van der Waals surface area contributed by atoms with E-state index in [1.165, 1.54) is 6.20 Å². The number of methoxy groups -OCH3 is 1. The highest BCUT2D eigenvalue weighted by Crippen LogP contribution is 2.26. The van der Waals surface area contributed by atoms with E-state index in [9.17, 15) is 4.79 Å². The van der Waals surface area contributed by atoms with Gasteiger partial charge in [-0.25, -0.2) is 4.98 Å². The molecule has 0 aliphatic rings. The van der Waals surface area contributed by atoms with E-state index in [1.807, 2.05) is 6.07 Å². The number of ether oxygens (including phenoxy) is 1. The van der Waals surface area contributed by atoms with Crippen LogP contribution in [-0.4, -0.2) is 17.1 Å². The molecule has 0 radical (unpaired) electrons. The van der Waals surface area contributed by atoms with E-state index in [1.54, 1.807) is 13.2 Å². The molecule has 1 heterocycles. The first-order valence-electron chi connectivity index (χ1n) is 3.93. The third kappa shape index (κ3) is 1.50. The number of rotatable bonds is 1. The smallest absolute Gasteiger partial charge is 0.266 e. The van der Waals surface area contributed by atoms with Gasteiger partial charge in [-0.05, 0) is 12.1 Å². The van der Waals surface area contributed by atoms with Crippen molar-refractivity contribution in [3.8, 4) is 5.75 Å². The summed E-state index contributed by atoms with van der Waals surface area (Å²) in [5, 5.41) is 0. The van der Waals surface area contributed by atoms with Gasteiger partial charge in [0.05, 0.1) is 18.8 Å². The van der Waals surface area contributed by atoms with Crippen LogP contribution in [0.25, 0.3) is 11.0 Å². The summed E-state index contributed by atoms with van der Waals surface area (Å²) in [7, 11) is 1.55. The molecule has 0 atom stereocenters. The summed E-state index contributed by atoms with van der Waals surface area (Å²) in [6.07, 6.45) is 1.24. The summed E-state index contributed by atoms with van der Waals surface area (Å²) in [6, 6.07) is 3.59. The number of hydrogen-bond acceptors (Lipinski definition) is 3. The first kappa shape index (κ1) is 9.21. The van der Waals surface area contributed by atoms with Crippen LogP contribution in [0.5, 0.6) is 5.75 Å². The molecule has 5 heteroatoms. The molecule has 0 aliphatic carbocycles. The molecule has 0 saturated heterocycles. The van der Waals surface area contributed by atoms with E-state index in [2.05, 4.69) is 25.9 Å². The molecule has 2 rings (SSSR count).